The summed E-state index contributed by atoms with van der Waals surface area (Å²) in [5.41, 5.74) is 1.16. The first-order valence-electron chi connectivity index (χ1n) is 14.5. The lowest BCUT2D eigenvalue weighted by molar-refractivity contribution is -0.121. The molecule has 0 bridgehead atoms. The van der Waals surface area contributed by atoms with Gasteiger partial charge in [0.15, 0.2) is 0 Å². The molecular weight excluding hydrogens is 426 g/mol. The topological polar surface area (TPSA) is 29.1 Å². The quantitative estimate of drug-likeness (QED) is 0.147. The third-order valence-corrected chi connectivity index (χ3v) is 6.53. The Labute approximate surface area is 217 Å². The molecule has 0 aromatic heterocycles. The normalized spacial score (nSPS) is 11.1. The average Bonchev–Trinajstić information content (AvgIpc) is 2.87. The summed E-state index contributed by atoms with van der Waals surface area (Å²) in [5, 5.41) is 3.09. The van der Waals surface area contributed by atoms with E-state index in [9.17, 15) is 4.79 Å². The average molecular weight is 478 g/mol. The minimum Gasteiger partial charge on any atom is -0.350 e. The van der Waals surface area contributed by atoms with Crippen LogP contribution in [0.2, 0.25) is 0 Å². The molecule has 1 aromatic carbocycles. The first kappa shape index (κ1) is 30.8. The van der Waals surface area contributed by atoms with Gasteiger partial charge in [0, 0.05) is 19.3 Å². The lowest BCUT2D eigenvalue weighted by Crippen LogP contribution is -2.26. The van der Waals surface area contributed by atoms with Crippen LogP contribution in [-0.4, -0.2) is 5.91 Å². The maximum atomic E-state index is 12.1. The molecule has 0 radical (unpaired) electrons. The van der Waals surface area contributed by atoms with E-state index >= 15 is 0 Å². The van der Waals surface area contributed by atoms with Gasteiger partial charge in [-0.1, -0.05) is 133 Å². The number of rotatable bonds is 20. The van der Waals surface area contributed by atoms with E-state index in [4.69, 9.17) is 0 Å². The number of unbranched alkanes of at least 4 members (excludes halogenated alkanes) is 16. The van der Waals surface area contributed by atoms with E-state index in [0.717, 1.165) is 37.7 Å². The monoisotopic (exact) mass is 477 g/mol. The van der Waals surface area contributed by atoms with Gasteiger partial charge in [-0.15, -0.1) is 0 Å². The van der Waals surface area contributed by atoms with Gasteiger partial charge in [-0.25, -0.2) is 0 Å². The molecule has 0 aliphatic heterocycles. The molecule has 2 heteroatoms. The highest BCUT2D eigenvalue weighted by molar-refractivity contribution is 5.76. The van der Waals surface area contributed by atoms with Crippen molar-refractivity contribution in [3.05, 3.63) is 35.9 Å². The van der Waals surface area contributed by atoms with Gasteiger partial charge in [0.1, 0.15) is 0 Å². The molecule has 0 heterocycles. The van der Waals surface area contributed by atoms with Crippen LogP contribution in [0.25, 0.3) is 0 Å². The molecular formula is C33H51NO. The molecule has 2 nitrogen and oxygen atoms in total. The van der Waals surface area contributed by atoms with Crippen molar-refractivity contribution >= 4 is 5.91 Å². The number of nitrogens with one attached hydrogen (secondary N) is 1. The molecule has 194 valence electrons. The van der Waals surface area contributed by atoms with Crippen molar-refractivity contribution in [2.24, 2.45) is 0 Å². The fourth-order valence-electron chi connectivity index (χ4n) is 4.26. The number of carbonyl (C=O) groups is 1. The predicted octanol–water partition coefficient (Wildman–Crippen LogP) is 9.30. The van der Waals surface area contributed by atoms with E-state index in [0.29, 0.717) is 6.42 Å². The summed E-state index contributed by atoms with van der Waals surface area (Å²) in [6, 6.07) is 10.2. The first-order valence-corrected chi connectivity index (χ1v) is 14.5. The van der Waals surface area contributed by atoms with Crippen LogP contribution in [0, 0.1) is 23.7 Å². The van der Waals surface area contributed by atoms with Crippen molar-refractivity contribution in [3.8, 4) is 23.7 Å². The summed E-state index contributed by atoms with van der Waals surface area (Å²) in [7, 11) is 0. The van der Waals surface area contributed by atoms with Gasteiger partial charge < -0.3 is 5.32 Å². The van der Waals surface area contributed by atoms with Crippen LogP contribution >= 0.6 is 0 Å². The van der Waals surface area contributed by atoms with Crippen LogP contribution in [0.4, 0.5) is 0 Å². The summed E-state index contributed by atoms with van der Waals surface area (Å²) in [6.45, 7) is 4.32. The number of carbonyl (C=O) groups excluding carboxylic acids is 1. The SMILES string of the molecule is CCCCCCCCCCCCC#CC#CCCCCCCCCC(=O)NC(C)c1ccccc1. The van der Waals surface area contributed by atoms with Crippen molar-refractivity contribution in [2.45, 2.75) is 142 Å². The van der Waals surface area contributed by atoms with Crippen molar-refractivity contribution in [1.29, 1.82) is 0 Å². The van der Waals surface area contributed by atoms with Crippen molar-refractivity contribution < 1.29 is 4.79 Å². The zero-order chi connectivity index (χ0) is 25.2. The van der Waals surface area contributed by atoms with Crippen LogP contribution in [0.1, 0.15) is 147 Å². The molecule has 1 aromatic rings. The smallest absolute Gasteiger partial charge is 0.220 e. The highest BCUT2D eigenvalue weighted by atomic mass is 16.1. The number of benzene rings is 1. The Balaban J connectivity index is 1.85. The largest absolute Gasteiger partial charge is 0.350 e. The van der Waals surface area contributed by atoms with Gasteiger partial charge in [-0.2, -0.15) is 0 Å². The van der Waals surface area contributed by atoms with Gasteiger partial charge in [0.25, 0.3) is 0 Å². The molecule has 0 fully saturated rings. The van der Waals surface area contributed by atoms with E-state index < -0.39 is 0 Å². The molecule has 0 saturated heterocycles. The zero-order valence-electron chi connectivity index (χ0n) is 22.8. The summed E-state index contributed by atoms with van der Waals surface area (Å²) in [5.74, 6) is 12.6. The Morgan fingerprint density at radius 2 is 1.14 bits per heavy atom. The Hall–Kier alpha value is -2.19. The first-order chi connectivity index (χ1) is 17.2. The minimum absolute atomic E-state index is 0.0780. The van der Waals surface area contributed by atoms with Crippen molar-refractivity contribution in [1.82, 2.24) is 5.32 Å². The number of amides is 1. The Morgan fingerprint density at radius 3 is 1.66 bits per heavy atom. The van der Waals surface area contributed by atoms with E-state index in [1.807, 2.05) is 25.1 Å². The number of hydrogen-bond acceptors (Lipinski definition) is 1. The highest BCUT2D eigenvalue weighted by Gasteiger charge is 2.08. The van der Waals surface area contributed by atoms with Crippen LogP contribution in [0.5, 0.6) is 0 Å². The third kappa shape index (κ3) is 19.8. The molecule has 0 aliphatic rings. The maximum Gasteiger partial charge on any atom is 0.220 e. The maximum absolute atomic E-state index is 12.1. The lowest BCUT2D eigenvalue weighted by atomic mass is 10.1. The van der Waals surface area contributed by atoms with E-state index in [2.05, 4.69) is 48.1 Å². The molecule has 0 aliphatic carbocycles. The zero-order valence-corrected chi connectivity index (χ0v) is 22.8. The van der Waals surface area contributed by atoms with Crippen LogP contribution < -0.4 is 5.32 Å². The third-order valence-electron chi connectivity index (χ3n) is 6.53. The Kier molecular flexibility index (Phi) is 20.7. The van der Waals surface area contributed by atoms with Crippen LogP contribution in [0.3, 0.4) is 0 Å². The minimum atomic E-state index is 0.0780. The van der Waals surface area contributed by atoms with Crippen LogP contribution in [-0.2, 0) is 4.79 Å². The summed E-state index contributed by atoms with van der Waals surface area (Å²) in [4.78, 5) is 12.1. The molecule has 1 atom stereocenters. The molecule has 1 rings (SSSR count). The molecule has 0 spiro atoms. The van der Waals surface area contributed by atoms with Crippen LogP contribution in [0.15, 0.2) is 30.3 Å². The summed E-state index contributed by atoms with van der Waals surface area (Å²) in [6.07, 6.45) is 23.2. The Morgan fingerprint density at radius 1 is 0.686 bits per heavy atom. The van der Waals surface area contributed by atoms with Crippen molar-refractivity contribution in [3.63, 3.8) is 0 Å². The molecule has 0 saturated carbocycles. The van der Waals surface area contributed by atoms with Gasteiger partial charge in [-0.3, -0.25) is 4.79 Å². The molecule has 1 unspecified atom stereocenters. The second-order valence-corrected chi connectivity index (χ2v) is 9.86. The van der Waals surface area contributed by atoms with E-state index in [1.165, 1.54) is 83.5 Å². The van der Waals surface area contributed by atoms with E-state index in [-0.39, 0.29) is 11.9 Å². The standard InChI is InChI=1S/C33H51NO/c1-3-4-5-6-7-8-9-10-11-12-13-14-15-16-17-18-19-20-21-22-23-27-30-33(35)34-31(2)32-28-25-24-26-29-32/h24-26,28-29,31H,3-13,18-23,27,30H2,1-2H3,(H,34,35). The van der Waals surface area contributed by atoms with Crippen molar-refractivity contribution in [2.75, 3.05) is 0 Å². The lowest BCUT2D eigenvalue weighted by Gasteiger charge is -2.14. The Bertz CT molecular complexity index is 746. The van der Waals surface area contributed by atoms with Gasteiger partial charge in [-0.05, 0) is 43.6 Å². The van der Waals surface area contributed by atoms with Gasteiger partial charge in [0.05, 0.1) is 6.04 Å². The predicted molar refractivity (Wildman–Crippen MR) is 152 cm³/mol. The molecule has 1 amide bonds. The van der Waals surface area contributed by atoms with E-state index in [1.54, 1.807) is 0 Å². The summed E-state index contributed by atoms with van der Waals surface area (Å²) < 4.78 is 0. The van der Waals surface area contributed by atoms with Gasteiger partial charge >= 0.3 is 0 Å². The summed E-state index contributed by atoms with van der Waals surface area (Å²) >= 11 is 0. The fraction of sp³-hybridized carbons (Fsp3) is 0.667. The molecule has 1 N–H and O–H groups in total. The second-order valence-electron chi connectivity index (χ2n) is 9.86. The second kappa shape index (κ2) is 23.5. The number of hydrogen-bond donors (Lipinski definition) is 1. The fourth-order valence-corrected chi connectivity index (χ4v) is 4.26. The highest BCUT2D eigenvalue weighted by Crippen LogP contribution is 2.13. The van der Waals surface area contributed by atoms with Gasteiger partial charge in [0.2, 0.25) is 5.91 Å². The molecule has 35 heavy (non-hydrogen) atoms.